The summed E-state index contributed by atoms with van der Waals surface area (Å²) >= 11 is 0. The number of anilines is 1. The molecular formula is C32H42FN7O4S. The molecule has 0 bridgehead atoms. The van der Waals surface area contributed by atoms with Crippen LogP contribution in [0.1, 0.15) is 65.8 Å². The van der Waals surface area contributed by atoms with Crippen molar-refractivity contribution >= 4 is 34.5 Å². The van der Waals surface area contributed by atoms with E-state index in [1.807, 2.05) is 33.9 Å². The van der Waals surface area contributed by atoms with Crippen molar-refractivity contribution in [2.75, 3.05) is 11.9 Å². The number of aromatic nitrogens is 2. The van der Waals surface area contributed by atoms with Crippen molar-refractivity contribution in [1.82, 2.24) is 20.2 Å². The van der Waals surface area contributed by atoms with Gasteiger partial charge in [-0.25, -0.2) is 28.3 Å². The van der Waals surface area contributed by atoms with Crippen molar-refractivity contribution in [2.45, 2.75) is 83.4 Å². The van der Waals surface area contributed by atoms with Gasteiger partial charge >= 0.3 is 0 Å². The lowest BCUT2D eigenvalue weighted by atomic mass is 10.2. The molecule has 0 spiro atoms. The van der Waals surface area contributed by atoms with E-state index in [9.17, 15) is 9.32 Å². The average molecular weight is 640 g/mol. The molecular weight excluding hydrogens is 597 g/mol. The van der Waals surface area contributed by atoms with Gasteiger partial charge < -0.3 is 19.9 Å². The molecule has 45 heavy (non-hydrogen) atoms. The first-order valence-corrected chi connectivity index (χ1v) is 16.1. The maximum Gasteiger partial charge on any atom is 0.217 e. The normalized spacial score (nSPS) is 17.0. The number of hydrogen-bond donors (Lipinski definition) is 3. The molecule has 3 N–H and O–H groups in total. The minimum Gasteiger partial charge on any atom is -0.489 e. The fourth-order valence-corrected chi connectivity index (χ4v) is 5.47. The molecule has 1 aromatic heterocycles. The first kappa shape index (κ1) is 33.8. The van der Waals surface area contributed by atoms with Crippen LogP contribution in [0.15, 0.2) is 80.4 Å². The third-order valence-electron chi connectivity index (χ3n) is 6.25. The summed E-state index contributed by atoms with van der Waals surface area (Å²) in [5, 5.41) is 18.4. The van der Waals surface area contributed by atoms with E-state index >= 15 is 4.39 Å². The fourth-order valence-electron chi connectivity index (χ4n) is 4.34. The standard InChI is InChI=1S/C28H32FN7O4S.C4H10/c1-5-39-18(4)35-14-20(13-31-35)25-26(40-17(2)3)27-33-28(34-36(27)16-30-25)32-24-10-9-22(12-23(24)29)41(38)21-8-6-7-19(11-21)15-37;1-4(2)3/h6-14,16-18,27,37H,5,15H2,1-4H3,(H2,32,33,34);4H,1-3H3. The van der Waals surface area contributed by atoms with E-state index in [1.54, 1.807) is 52.6 Å². The number of hydrazine groups is 1. The Balaban J connectivity index is 0.00000109. The Hall–Kier alpha value is -4.07. The Bertz CT molecular complexity index is 1580. The van der Waals surface area contributed by atoms with Crippen LogP contribution < -0.4 is 10.7 Å². The topological polar surface area (TPSA) is 126 Å². The zero-order valence-electron chi connectivity index (χ0n) is 26.7. The van der Waals surface area contributed by atoms with E-state index < -0.39 is 22.8 Å². The average Bonchev–Trinajstić information content (AvgIpc) is 3.65. The number of benzene rings is 2. The number of nitrogens with zero attached hydrogens (tertiary/aromatic N) is 5. The van der Waals surface area contributed by atoms with Crippen molar-refractivity contribution in [2.24, 2.45) is 15.9 Å². The molecule has 11 nitrogen and oxygen atoms in total. The van der Waals surface area contributed by atoms with Crippen LogP contribution in [0.3, 0.4) is 0 Å². The Morgan fingerprint density at radius 3 is 2.51 bits per heavy atom. The van der Waals surface area contributed by atoms with E-state index in [4.69, 9.17) is 14.5 Å². The van der Waals surface area contributed by atoms with Gasteiger partial charge in [-0.05, 0) is 69.5 Å². The van der Waals surface area contributed by atoms with Crippen LogP contribution in [0.2, 0.25) is 0 Å². The molecule has 13 heteroatoms. The van der Waals surface area contributed by atoms with E-state index in [0.717, 1.165) is 11.5 Å². The third-order valence-corrected chi connectivity index (χ3v) is 7.61. The van der Waals surface area contributed by atoms with Gasteiger partial charge in [-0.1, -0.05) is 32.9 Å². The van der Waals surface area contributed by atoms with Gasteiger partial charge in [0.25, 0.3) is 0 Å². The summed E-state index contributed by atoms with van der Waals surface area (Å²) in [4.78, 5) is 10.1. The van der Waals surface area contributed by atoms with Crippen molar-refractivity contribution in [3.8, 4) is 0 Å². The van der Waals surface area contributed by atoms with Crippen LogP contribution in [0, 0.1) is 11.7 Å². The lowest BCUT2D eigenvalue weighted by Gasteiger charge is -2.28. The number of fused-ring (bicyclic) bond motifs is 1. The number of ether oxygens (including phenoxy) is 2. The molecule has 242 valence electrons. The summed E-state index contributed by atoms with van der Waals surface area (Å²) in [6, 6.07) is 11.1. The highest BCUT2D eigenvalue weighted by atomic mass is 32.2. The van der Waals surface area contributed by atoms with Gasteiger partial charge in [0.2, 0.25) is 12.1 Å². The summed E-state index contributed by atoms with van der Waals surface area (Å²) in [5.74, 6) is 1.05. The largest absolute Gasteiger partial charge is 0.489 e. The second-order valence-electron chi connectivity index (χ2n) is 11.3. The molecule has 0 aliphatic carbocycles. The number of hydrogen-bond acceptors (Lipinski definition) is 10. The first-order valence-electron chi connectivity index (χ1n) is 14.9. The zero-order chi connectivity index (χ0) is 32.7. The summed E-state index contributed by atoms with van der Waals surface area (Å²) < 4.78 is 41.6. The molecule has 5 rings (SSSR count). The van der Waals surface area contributed by atoms with Crippen LogP contribution >= 0.6 is 0 Å². The molecule has 0 fully saturated rings. The molecule has 3 heterocycles. The fraction of sp³-hybridized carbons (Fsp3) is 0.406. The van der Waals surface area contributed by atoms with Crippen LogP contribution in [0.4, 0.5) is 10.1 Å². The number of aliphatic hydroxyl groups excluding tert-OH is 1. The minimum atomic E-state index is -1.61. The summed E-state index contributed by atoms with van der Waals surface area (Å²) in [6.45, 7) is 14.6. The molecule has 3 atom stereocenters. The van der Waals surface area contributed by atoms with Gasteiger partial charge in [-0.2, -0.15) is 5.10 Å². The second kappa shape index (κ2) is 15.3. The quantitative estimate of drug-likeness (QED) is 0.260. The number of aliphatic imine (C=N–C) groups is 2. The van der Waals surface area contributed by atoms with Gasteiger partial charge in [0, 0.05) is 28.2 Å². The Kier molecular flexibility index (Phi) is 11.5. The highest BCUT2D eigenvalue weighted by molar-refractivity contribution is 7.85. The molecule has 0 amide bonds. The molecule has 2 aliphatic heterocycles. The highest BCUT2D eigenvalue weighted by Crippen LogP contribution is 2.32. The number of rotatable bonds is 10. The van der Waals surface area contributed by atoms with Crippen molar-refractivity contribution in [3.63, 3.8) is 0 Å². The molecule has 0 saturated carbocycles. The summed E-state index contributed by atoms with van der Waals surface area (Å²) in [6.07, 6.45) is 4.17. The predicted octanol–water partition coefficient (Wildman–Crippen LogP) is 5.65. The molecule has 0 radical (unpaired) electrons. The number of nitrogens with one attached hydrogen (secondary N) is 2. The molecule has 0 saturated heterocycles. The van der Waals surface area contributed by atoms with Gasteiger partial charge in [0.15, 0.2) is 5.76 Å². The minimum absolute atomic E-state index is 0.149. The SMILES string of the molecule is CC(C)C.CCOC(C)n1cc(C2=C(OC(C)C)C3N=C(Nc4ccc(S(=O)c5cccc(CO)c5)cc4F)NN3C=N2)cn1. The van der Waals surface area contributed by atoms with Crippen LogP contribution in [-0.2, 0) is 26.9 Å². The maximum absolute atomic E-state index is 15.1. The zero-order valence-corrected chi connectivity index (χ0v) is 27.5. The Morgan fingerprint density at radius 2 is 1.84 bits per heavy atom. The maximum atomic E-state index is 15.1. The summed E-state index contributed by atoms with van der Waals surface area (Å²) in [7, 11) is -1.61. The molecule has 3 unspecified atom stereocenters. The van der Waals surface area contributed by atoms with Crippen LogP contribution in [0.25, 0.3) is 5.70 Å². The van der Waals surface area contributed by atoms with Gasteiger partial charge in [-0.15, -0.1) is 0 Å². The molecule has 2 aromatic carbocycles. The van der Waals surface area contributed by atoms with Gasteiger partial charge in [0.05, 0.1) is 35.4 Å². The van der Waals surface area contributed by atoms with Gasteiger partial charge in [0.1, 0.15) is 24.1 Å². The Morgan fingerprint density at radius 1 is 1.11 bits per heavy atom. The number of halogens is 1. The van der Waals surface area contributed by atoms with Crippen molar-refractivity contribution < 1.29 is 23.2 Å². The lowest BCUT2D eigenvalue weighted by Crippen LogP contribution is -2.44. The van der Waals surface area contributed by atoms with Crippen molar-refractivity contribution in [3.05, 3.63) is 77.6 Å². The molecule has 3 aromatic rings. The van der Waals surface area contributed by atoms with Gasteiger partial charge in [-0.3, -0.25) is 5.43 Å². The second-order valence-corrected chi connectivity index (χ2v) is 12.8. The van der Waals surface area contributed by atoms with E-state index in [1.165, 1.54) is 12.1 Å². The van der Waals surface area contributed by atoms with E-state index in [0.29, 0.717) is 33.4 Å². The highest BCUT2D eigenvalue weighted by Gasteiger charge is 2.36. The molecule has 2 aliphatic rings. The smallest absolute Gasteiger partial charge is 0.217 e. The lowest BCUT2D eigenvalue weighted by molar-refractivity contribution is 0.0159. The Labute approximate surface area is 266 Å². The number of guanidine groups is 1. The van der Waals surface area contributed by atoms with Crippen LogP contribution in [-0.4, -0.2) is 55.3 Å². The third kappa shape index (κ3) is 8.56. The first-order chi connectivity index (χ1) is 21.5. The van der Waals surface area contributed by atoms with Crippen LogP contribution in [0.5, 0.6) is 0 Å². The number of aliphatic hydroxyl groups is 1. The van der Waals surface area contributed by atoms with E-state index in [-0.39, 0.29) is 30.6 Å². The van der Waals surface area contributed by atoms with Crippen molar-refractivity contribution in [1.29, 1.82) is 0 Å². The van der Waals surface area contributed by atoms with E-state index in [2.05, 4.69) is 41.6 Å². The summed E-state index contributed by atoms with van der Waals surface area (Å²) in [5.41, 5.74) is 5.20. The predicted molar refractivity (Wildman–Crippen MR) is 174 cm³/mol. The monoisotopic (exact) mass is 639 g/mol.